The average Bonchev–Trinajstić information content (AvgIpc) is 2.86. The van der Waals surface area contributed by atoms with Crippen LogP contribution < -0.4 is 21.1 Å². The van der Waals surface area contributed by atoms with Gasteiger partial charge in [-0.3, -0.25) is 0 Å². The number of ether oxygens (including phenoxy) is 1. The van der Waals surface area contributed by atoms with Crippen molar-refractivity contribution in [2.45, 2.75) is 18.8 Å². The summed E-state index contributed by atoms with van der Waals surface area (Å²) < 4.78 is 5.68. The van der Waals surface area contributed by atoms with E-state index < -0.39 is 0 Å². The number of nitrogens with zero attached hydrogens (tertiary/aromatic N) is 3. The molecule has 2 aromatic carbocycles. The molecule has 0 radical (unpaired) electrons. The Balaban J connectivity index is 1.55. The van der Waals surface area contributed by atoms with E-state index in [1.807, 2.05) is 30.3 Å². The molecule has 0 amide bonds. The minimum Gasteiger partial charge on any atom is -0.495 e. The van der Waals surface area contributed by atoms with Crippen LogP contribution in [0.3, 0.4) is 0 Å². The molecule has 178 valence electrons. The van der Waals surface area contributed by atoms with Crippen LogP contribution in [0.4, 0.5) is 23.1 Å². The summed E-state index contributed by atoms with van der Waals surface area (Å²) in [4.78, 5) is 11.3. The van der Waals surface area contributed by atoms with Crippen LogP contribution in [0.25, 0.3) is 5.57 Å². The molecule has 7 nitrogen and oxygen atoms in total. The van der Waals surface area contributed by atoms with Crippen molar-refractivity contribution in [2.75, 3.05) is 44.4 Å². The summed E-state index contributed by atoms with van der Waals surface area (Å²) in [5.74, 6) is 2.20. The van der Waals surface area contributed by atoms with Gasteiger partial charge < -0.3 is 26.0 Å². The number of benzene rings is 2. The number of nitrogens with two attached hydrogens (primary N) is 1. The van der Waals surface area contributed by atoms with Gasteiger partial charge >= 0.3 is 0 Å². The summed E-state index contributed by atoms with van der Waals surface area (Å²) >= 11 is 6.40. The molecule has 1 aliphatic rings. The molecular weight excluding hydrogens is 448 g/mol. The molecule has 0 unspecified atom stereocenters. The van der Waals surface area contributed by atoms with Gasteiger partial charge in [0.15, 0.2) is 5.82 Å². The summed E-state index contributed by atoms with van der Waals surface area (Å²) in [6, 6.07) is 14.1. The maximum Gasteiger partial charge on any atom is 0.229 e. The van der Waals surface area contributed by atoms with E-state index in [9.17, 15) is 0 Å². The van der Waals surface area contributed by atoms with Crippen molar-refractivity contribution in [1.82, 2.24) is 14.9 Å². The molecule has 0 bridgehead atoms. The number of nitrogens with one attached hydrogen (secondary N) is 2. The Kier molecular flexibility index (Phi) is 7.67. The van der Waals surface area contributed by atoms with E-state index in [0.29, 0.717) is 29.3 Å². The first-order chi connectivity index (χ1) is 16.5. The molecule has 1 aromatic heterocycles. The molecule has 1 aliphatic heterocycles. The predicted octanol–water partition coefficient (Wildman–Crippen LogP) is 5.41. The monoisotopic (exact) mass is 478 g/mol. The number of aromatic nitrogens is 2. The zero-order valence-corrected chi connectivity index (χ0v) is 20.4. The maximum absolute atomic E-state index is 6.40. The fraction of sp³-hybridized carbons (Fsp3) is 0.308. The second-order valence-electron chi connectivity index (χ2n) is 8.53. The lowest BCUT2D eigenvalue weighted by atomic mass is 9.89. The highest BCUT2D eigenvalue weighted by Gasteiger charge is 2.20. The van der Waals surface area contributed by atoms with Crippen molar-refractivity contribution in [3.8, 4) is 5.75 Å². The highest BCUT2D eigenvalue weighted by Crippen LogP contribution is 2.35. The minimum atomic E-state index is 0.357. The van der Waals surface area contributed by atoms with E-state index in [1.54, 1.807) is 13.3 Å². The zero-order chi connectivity index (χ0) is 24.1. The highest BCUT2D eigenvalue weighted by atomic mass is 35.5. The van der Waals surface area contributed by atoms with E-state index in [0.717, 1.165) is 54.2 Å². The SMILES string of the molecule is C=C(CN)c1ccccc1Nc1nc(Nc2ccc(C3CCN(C)CC3)cc2OC)ncc1Cl. The van der Waals surface area contributed by atoms with Gasteiger partial charge in [0.05, 0.1) is 19.0 Å². The van der Waals surface area contributed by atoms with Crippen molar-refractivity contribution < 1.29 is 4.74 Å². The predicted molar refractivity (Wildman–Crippen MR) is 141 cm³/mol. The lowest BCUT2D eigenvalue weighted by Gasteiger charge is -2.29. The minimum absolute atomic E-state index is 0.357. The quantitative estimate of drug-likeness (QED) is 0.399. The molecule has 1 fully saturated rings. The molecule has 0 saturated carbocycles. The summed E-state index contributed by atoms with van der Waals surface area (Å²) in [5.41, 5.74) is 10.4. The van der Waals surface area contributed by atoms with Gasteiger partial charge in [-0.15, -0.1) is 0 Å². The Morgan fingerprint density at radius 3 is 2.68 bits per heavy atom. The van der Waals surface area contributed by atoms with Crippen molar-refractivity contribution >= 4 is 40.3 Å². The summed E-state index contributed by atoms with van der Waals surface area (Å²) in [5, 5.41) is 6.97. The third kappa shape index (κ3) is 5.50. The number of rotatable bonds is 8. The number of piperidine rings is 1. The normalized spacial score (nSPS) is 14.6. The van der Waals surface area contributed by atoms with E-state index >= 15 is 0 Å². The Bertz CT molecular complexity index is 1160. The number of anilines is 4. The maximum atomic E-state index is 6.40. The van der Waals surface area contributed by atoms with Gasteiger partial charge in [-0.25, -0.2) is 4.98 Å². The van der Waals surface area contributed by atoms with Crippen LogP contribution >= 0.6 is 11.6 Å². The van der Waals surface area contributed by atoms with Crippen LogP contribution in [0.2, 0.25) is 5.02 Å². The van der Waals surface area contributed by atoms with Crippen LogP contribution in [0.1, 0.15) is 29.9 Å². The van der Waals surface area contributed by atoms with E-state index in [2.05, 4.69) is 51.3 Å². The molecule has 0 atom stereocenters. The van der Waals surface area contributed by atoms with Gasteiger partial charge in [0.2, 0.25) is 5.95 Å². The first kappa shape index (κ1) is 24.0. The standard InChI is InChI=1S/C26H31ClN6O/c1-17(15-28)20-6-4-5-7-22(20)30-25-21(27)16-29-26(32-25)31-23-9-8-19(14-24(23)34-3)18-10-12-33(2)13-11-18/h4-9,14,16,18H,1,10-13,15,28H2,2-3H3,(H2,29,30,31,32). The van der Waals surface area contributed by atoms with Crippen LogP contribution in [0.15, 0.2) is 55.2 Å². The summed E-state index contributed by atoms with van der Waals surface area (Å²) in [6.45, 7) is 6.63. The molecule has 2 heterocycles. The van der Waals surface area contributed by atoms with Crippen LogP contribution in [-0.2, 0) is 0 Å². The van der Waals surface area contributed by atoms with E-state index in [-0.39, 0.29) is 0 Å². The van der Waals surface area contributed by atoms with Gasteiger partial charge in [0.25, 0.3) is 0 Å². The van der Waals surface area contributed by atoms with Gasteiger partial charge in [0.1, 0.15) is 10.8 Å². The molecule has 34 heavy (non-hydrogen) atoms. The Morgan fingerprint density at radius 2 is 1.94 bits per heavy atom. The number of likely N-dealkylation sites (tertiary alicyclic amines) is 1. The topological polar surface area (TPSA) is 88.3 Å². The van der Waals surface area contributed by atoms with Crippen molar-refractivity contribution in [1.29, 1.82) is 0 Å². The third-order valence-corrected chi connectivity index (χ3v) is 6.49. The lowest BCUT2D eigenvalue weighted by Crippen LogP contribution is -2.29. The number of hydrogen-bond acceptors (Lipinski definition) is 7. The Morgan fingerprint density at radius 1 is 1.18 bits per heavy atom. The van der Waals surface area contributed by atoms with Crippen molar-refractivity contribution in [3.05, 3.63) is 71.4 Å². The highest BCUT2D eigenvalue weighted by molar-refractivity contribution is 6.33. The van der Waals surface area contributed by atoms with Gasteiger partial charge in [-0.2, -0.15) is 4.98 Å². The number of hydrogen-bond donors (Lipinski definition) is 3. The van der Waals surface area contributed by atoms with Crippen molar-refractivity contribution in [2.24, 2.45) is 5.73 Å². The van der Waals surface area contributed by atoms with Crippen LogP contribution in [0.5, 0.6) is 5.75 Å². The summed E-state index contributed by atoms with van der Waals surface area (Å²) in [7, 11) is 3.85. The van der Waals surface area contributed by atoms with Gasteiger partial charge in [-0.1, -0.05) is 42.4 Å². The largest absolute Gasteiger partial charge is 0.495 e. The van der Waals surface area contributed by atoms with E-state index in [1.165, 1.54) is 5.56 Å². The zero-order valence-electron chi connectivity index (χ0n) is 19.6. The first-order valence-electron chi connectivity index (χ1n) is 11.4. The number of para-hydroxylation sites is 1. The van der Waals surface area contributed by atoms with Crippen LogP contribution in [-0.4, -0.2) is 48.7 Å². The van der Waals surface area contributed by atoms with E-state index in [4.69, 9.17) is 22.1 Å². The molecule has 4 N–H and O–H groups in total. The molecular formula is C26H31ClN6O. The number of methoxy groups -OCH3 is 1. The second-order valence-corrected chi connectivity index (χ2v) is 8.94. The van der Waals surface area contributed by atoms with Gasteiger partial charge in [-0.05, 0) is 68.2 Å². The second kappa shape index (κ2) is 10.9. The number of halogens is 1. The fourth-order valence-electron chi connectivity index (χ4n) is 4.18. The molecule has 1 saturated heterocycles. The summed E-state index contributed by atoms with van der Waals surface area (Å²) in [6.07, 6.45) is 3.87. The molecule has 0 spiro atoms. The van der Waals surface area contributed by atoms with Crippen LogP contribution in [0, 0.1) is 0 Å². The third-order valence-electron chi connectivity index (χ3n) is 6.21. The first-order valence-corrected chi connectivity index (χ1v) is 11.8. The van der Waals surface area contributed by atoms with Gasteiger partial charge in [0, 0.05) is 17.8 Å². The Labute approximate surface area is 206 Å². The molecule has 3 aromatic rings. The molecule has 4 rings (SSSR count). The molecule has 8 heteroatoms. The molecule has 0 aliphatic carbocycles. The fourth-order valence-corrected chi connectivity index (χ4v) is 4.32. The Hall–Kier alpha value is -3.13. The lowest BCUT2D eigenvalue weighted by molar-refractivity contribution is 0.255. The smallest absolute Gasteiger partial charge is 0.229 e. The van der Waals surface area contributed by atoms with Crippen molar-refractivity contribution in [3.63, 3.8) is 0 Å². The average molecular weight is 479 g/mol.